The average Bonchev–Trinajstić information content (AvgIpc) is 3.06. The summed E-state index contributed by atoms with van der Waals surface area (Å²) < 4.78 is 35.8. The fourth-order valence-electron chi connectivity index (χ4n) is 4.90. The molecule has 2 amide bonds. The van der Waals surface area contributed by atoms with Gasteiger partial charge in [0.15, 0.2) is 0 Å². The zero-order valence-corrected chi connectivity index (χ0v) is 29.8. The molecule has 0 fully saturated rings. The van der Waals surface area contributed by atoms with E-state index < -0.39 is 28.5 Å². The third kappa shape index (κ3) is 10.1. The summed E-state index contributed by atoms with van der Waals surface area (Å²) in [6, 6.07) is 28.3. The number of nitrogens with one attached hydrogen (secondary N) is 1. The van der Waals surface area contributed by atoms with Gasteiger partial charge in [-0.25, -0.2) is 8.42 Å². The maximum atomic E-state index is 14.6. The number of sulfonamides is 1. The molecule has 4 aromatic carbocycles. The molecule has 8 nitrogen and oxygen atoms in total. The zero-order chi connectivity index (χ0) is 34.0. The van der Waals surface area contributed by atoms with Gasteiger partial charge in [0.1, 0.15) is 18.3 Å². The Bertz CT molecular complexity index is 1720. The van der Waals surface area contributed by atoms with Gasteiger partial charge in [0.05, 0.1) is 17.2 Å². The molecule has 47 heavy (non-hydrogen) atoms. The van der Waals surface area contributed by atoms with Crippen LogP contribution in [0.25, 0.3) is 0 Å². The summed E-state index contributed by atoms with van der Waals surface area (Å²) in [4.78, 5) is 29.9. The van der Waals surface area contributed by atoms with Crippen LogP contribution in [0.3, 0.4) is 0 Å². The van der Waals surface area contributed by atoms with E-state index in [1.807, 2.05) is 51.1 Å². The highest BCUT2D eigenvalue weighted by molar-refractivity contribution is 9.10. The van der Waals surface area contributed by atoms with Crippen molar-refractivity contribution in [3.8, 4) is 5.75 Å². The lowest BCUT2D eigenvalue weighted by molar-refractivity contribution is -0.140. The lowest BCUT2D eigenvalue weighted by Gasteiger charge is -2.34. The van der Waals surface area contributed by atoms with Crippen molar-refractivity contribution < 1.29 is 22.7 Å². The lowest BCUT2D eigenvalue weighted by Crippen LogP contribution is -2.53. The minimum Gasteiger partial charge on any atom is -0.494 e. The number of rotatable bonds is 15. The van der Waals surface area contributed by atoms with Crippen molar-refractivity contribution in [3.63, 3.8) is 0 Å². The fraction of sp³-hybridized carbons (Fsp3) is 0.278. The van der Waals surface area contributed by atoms with Crippen LogP contribution in [0.15, 0.2) is 112 Å². The molecule has 0 aliphatic heterocycles. The number of carbonyl (C=O) groups is 2. The molecule has 1 atom stereocenters. The van der Waals surface area contributed by atoms with Crippen LogP contribution < -0.4 is 14.4 Å². The van der Waals surface area contributed by atoms with Crippen LogP contribution in [0.4, 0.5) is 5.69 Å². The molecule has 4 aromatic rings. The zero-order valence-electron chi connectivity index (χ0n) is 26.6. The van der Waals surface area contributed by atoms with Gasteiger partial charge in [-0.1, -0.05) is 83.8 Å². The van der Waals surface area contributed by atoms with E-state index in [4.69, 9.17) is 16.3 Å². The number of ether oxygens (including phenoxy) is 1. The van der Waals surface area contributed by atoms with Gasteiger partial charge in [0, 0.05) is 29.0 Å². The first-order valence-electron chi connectivity index (χ1n) is 15.3. The number of anilines is 1. The van der Waals surface area contributed by atoms with Crippen molar-refractivity contribution in [2.75, 3.05) is 24.0 Å². The number of hydrogen-bond acceptors (Lipinski definition) is 5. The molecular weight excluding hydrogens is 702 g/mol. The first kappa shape index (κ1) is 36.0. The van der Waals surface area contributed by atoms with Crippen LogP contribution in [0.2, 0.25) is 5.02 Å². The van der Waals surface area contributed by atoms with Gasteiger partial charge < -0.3 is 15.0 Å². The lowest BCUT2D eigenvalue weighted by atomic mass is 10.0. The van der Waals surface area contributed by atoms with Gasteiger partial charge in [-0.2, -0.15) is 0 Å². The van der Waals surface area contributed by atoms with E-state index in [9.17, 15) is 18.0 Å². The minimum absolute atomic E-state index is 0.0159. The predicted molar refractivity (Wildman–Crippen MR) is 190 cm³/mol. The number of benzene rings is 4. The second-order valence-corrected chi connectivity index (χ2v) is 14.6. The SMILES string of the molecule is CCOc1ccc(N(CC(=O)N(Cc2ccc(Cl)cc2)C(Cc2ccccc2)C(=O)NCC(C)C)S(=O)(=O)c2ccc(Br)cc2)cc1. The summed E-state index contributed by atoms with van der Waals surface area (Å²) in [6.07, 6.45) is 0.229. The van der Waals surface area contributed by atoms with Crippen molar-refractivity contribution in [1.82, 2.24) is 10.2 Å². The third-order valence-corrected chi connectivity index (χ3v) is 9.91. The summed E-state index contributed by atoms with van der Waals surface area (Å²) in [5.74, 6) is -0.121. The molecule has 0 saturated carbocycles. The highest BCUT2D eigenvalue weighted by Crippen LogP contribution is 2.28. The van der Waals surface area contributed by atoms with Gasteiger partial charge in [-0.15, -0.1) is 0 Å². The van der Waals surface area contributed by atoms with E-state index in [1.54, 1.807) is 60.7 Å². The Balaban J connectivity index is 1.79. The molecule has 0 aliphatic carbocycles. The Morgan fingerprint density at radius 1 is 0.872 bits per heavy atom. The van der Waals surface area contributed by atoms with Gasteiger partial charge in [0.25, 0.3) is 10.0 Å². The van der Waals surface area contributed by atoms with E-state index in [2.05, 4.69) is 21.2 Å². The molecule has 0 aromatic heterocycles. The molecule has 248 valence electrons. The number of halogens is 2. The van der Waals surface area contributed by atoms with Crippen LogP contribution in [0.1, 0.15) is 31.9 Å². The predicted octanol–water partition coefficient (Wildman–Crippen LogP) is 7.11. The third-order valence-electron chi connectivity index (χ3n) is 7.34. The molecular formula is C36H39BrClN3O5S. The van der Waals surface area contributed by atoms with Crippen molar-refractivity contribution in [2.24, 2.45) is 5.92 Å². The van der Waals surface area contributed by atoms with Crippen molar-refractivity contribution in [1.29, 1.82) is 0 Å². The van der Waals surface area contributed by atoms with Crippen molar-refractivity contribution >= 4 is 55.1 Å². The monoisotopic (exact) mass is 739 g/mol. The standard InChI is InChI=1S/C36H39BrClN3O5S/c1-4-46-32-18-16-31(17-19-32)41(47(44,45)33-20-12-29(37)13-21-33)25-35(42)40(24-28-10-14-30(38)15-11-28)34(36(43)39-23-26(2)3)22-27-8-6-5-7-9-27/h5-21,26,34H,4,22-25H2,1-3H3,(H,39,43). The quantitative estimate of drug-likeness (QED) is 0.140. The summed E-state index contributed by atoms with van der Waals surface area (Å²) >= 11 is 9.52. The van der Waals surface area contributed by atoms with Crippen LogP contribution in [0, 0.1) is 5.92 Å². The summed E-state index contributed by atoms with van der Waals surface area (Å²) in [7, 11) is -4.22. The van der Waals surface area contributed by atoms with Gasteiger partial charge in [-0.3, -0.25) is 13.9 Å². The molecule has 11 heteroatoms. The molecule has 1 N–H and O–H groups in total. The normalized spacial score (nSPS) is 12.0. The van der Waals surface area contributed by atoms with E-state index in [1.165, 1.54) is 17.0 Å². The number of nitrogens with zero attached hydrogens (tertiary/aromatic N) is 2. The molecule has 1 unspecified atom stereocenters. The number of carbonyl (C=O) groups excluding carboxylic acids is 2. The van der Waals surface area contributed by atoms with E-state index >= 15 is 0 Å². The Kier molecular flexibility index (Phi) is 12.9. The number of hydrogen-bond donors (Lipinski definition) is 1. The molecule has 0 heterocycles. The second kappa shape index (κ2) is 16.8. The molecule has 0 radical (unpaired) electrons. The Morgan fingerprint density at radius 3 is 2.11 bits per heavy atom. The van der Waals surface area contributed by atoms with Crippen molar-refractivity contribution in [2.45, 2.75) is 44.7 Å². The summed E-state index contributed by atoms with van der Waals surface area (Å²) in [5, 5.41) is 3.52. The topological polar surface area (TPSA) is 96.0 Å². The van der Waals surface area contributed by atoms with Crippen LogP contribution in [-0.4, -0.2) is 50.9 Å². The van der Waals surface area contributed by atoms with Crippen molar-refractivity contribution in [3.05, 3.63) is 124 Å². The summed E-state index contributed by atoms with van der Waals surface area (Å²) in [6.45, 7) is 6.20. The molecule has 0 aliphatic rings. The maximum Gasteiger partial charge on any atom is 0.264 e. The average molecular weight is 741 g/mol. The molecule has 0 saturated heterocycles. The first-order chi connectivity index (χ1) is 22.5. The smallest absolute Gasteiger partial charge is 0.264 e. The highest BCUT2D eigenvalue weighted by Gasteiger charge is 2.34. The number of amides is 2. The molecule has 0 bridgehead atoms. The van der Waals surface area contributed by atoms with E-state index in [-0.39, 0.29) is 35.4 Å². The van der Waals surface area contributed by atoms with Gasteiger partial charge in [0.2, 0.25) is 11.8 Å². The van der Waals surface area contributed by atoms with Gasteiger partial charge in [-0.05, 0) is 84.6 Å². The Hall–Kier alpha value is -3.86. The van der Waals surface area contributed by atoms with Crippen LogP contribution in [0.5, 0.6) is 5.75 Å². The van der Waals surface area contributed by atoms with Crippen LogP contribution >= 0.6 is 27.5 Å². The fourth-order valence-corrected chi connectivity index (χ4v) is 6.71. The Morgan fingerprint density at radius 2 is 1.51 bits per heavy atom. The Labute approximate surface area is 290 Å². The van der Waals surface area contributed by atoms with E-state index in [0.29, 0.717) is 28.4 Å². The molecule has 4 rings (SSSR count). The minimum atomic E-state index is -4.22. The maximum absolute atomic E-state index is 14.6. The van der Waals surface area contributed by atoms with Crippen LogP contribution in [-0.2, 0) is 32.6 Å². The largest absolute Gasteiger partial charge is 0.494 e. The molecule has 0 spiro atoms. The second-order valence-electron chi connectivity index (χ2n) is 11.4. The first-order valence-corrected chi connectivity index (χ1v) is 18.0. The van der Waals surface area contributed by atoms with E-state index in [0.717, 1.165) is 15.4 Å². The summed E-state index contributed by atoms with van der Waals surface area (Å²) in [5.41, 5.74) is 1.87. The van der Waals surface area contributed by atoms with Gasteiger partial charge >= 0.3 is 0 Å². The highest BCUT2D eigenvalue weighted by atomic mass is 79.9.